The highest BCUT2D eigenvalue weighted by atomic mass is 19.4. The van der Waals surface area contributed by atoms with Crippen LogP contribution < -0.4 is 5.32 Å². The standard InChI is InChI=1S/C17H18F3N3O2/c18-17(19,20)11-1-3-14(16(24)9-11)15-4-2-13(22-23-15)10-21-12-5-7-25-8-6-12/h1-4,9,12,21,24H,5-8,10H2. The molecule has 0 saturated carbocycles. The molecule has 0 atom stereocenters. The van der Waals surface area contributed by atoms with E-state index in [1.54, 1.807) is 12.1 Å². The van der Waals surface area contributed by atoms with Crippen molar-refractivity contribution in [1.29, 1.82) is 0 Å². The lowest BCUT2D eigenvalue weighted by atomic mass is 10.1. The van der Waals surface area contributed by atoms with Crippen molar-refractivity contribution >= 4 is 0 Å². The summed E-state index contributed by atoms with van der Waals surface area (Å²) in [7, 11) is 0. The first kappa shape index (κ1) is 17.6. The second-order valence-corrected chi connectivity index (χ2v) is 5.91. The maximum Gasteiger partial charge on any atom is 0.416 e. The molecule has 2 aromatic rings. The average molecular weight is 353 g/mol. The molecular weight excluding hydrogens is 335 g/mol. The number of phenolic OH excluding ortho intramolecular Hbond substituents is 1. The van der Waals surface area contributed by atoms with Crippen LogP contribution in [-0.4, -0.2) is 34.6 Å². The van der Waals surface area contributed by atoms with Gasteiger partial charge in [0.1, 0.15) is 5.75 Å². The Morgan fingerprint density at radius 2 is 1.88 bits per heavy atom. The number of aromatic hydroxyl groups is 1. The minimum absolute atomic E-state index is 0.212. The number of halogens is 3. The molecule has 2 heterocycles. The van der Waals surface area contributed by atoms with E-state index >= 15 is 0 Å². The third-order valence-electron chi connectivity index (χ3n) is 4.11. The number of hydrogen-bond acceptors (Lipinski definition) is 5. The van der Waals surface area contributed by atoms with Gasteiger partial charge in [0.25, 0.3) is 0 Å². The molecule has 8 heteroatoms. The van der Waals surface area contributed by atoms with Gasteiger partial charge in [0.15, 0.2) is 0 Å². The molecule has 1 aliphatic rings. The first-order chi connectivity index (χ1) is 11.9. The van der Waals surface area contributed by atoms with Gasteiger partial charge >= 0.3 is 6.18 Å². The van der Waals surface area contributed by atoms with E-state index in [0.717, 1.165) is 37.8 Å². The van der Waals surface area contributed by atoms with Crippen LogP contribution in [0.15, 0.2) is 30.3 Å². The number of nitrogens with zero attached hydrogens (tertiary/aromatic N) is 2. The first-order valence-corrected chi connectivity index (χ1v) is 7.98. The van der Waals surface area contributed by atoms with E-state index in [1.807, 2.05) is 0 Å². The van der Waals surface area contributed by atoms with Crippen LogP contribution in [0.1, 0.15) is 24.1 Å². The summed E-state index contributed by atoms with van der Waals surface area (Å²) in [5.74, 6) is -0.475. The van der Waals surface area contributed by atoms with Crippen LogP contribution in [0, 0.1) is 0 Å². The molecular formula is C17H18F3N3O2. The van der Waals surface area contributed by atoms with Gasteiger partial charge in [-0.05, 0) is 43.2 Å². The summed E-state index contributed by atoms with van der Waals surface area (Å²) in [5.41, 5.74) is 0.353. The molecule has 0 radical (unpaired) electrons. The van der Waals surface area contributed by atoms with Crippen LogP contribution in [0.2, 0.25) is 0 Å². The molecule has 0 amide bonds. The van der Waals surface area contributed by atoms with Gasteiger partial charge in [-0.1, -0.05) is 0 Å². The summed E-state index contributed by atoms with van der Waals surface area (Å²) >= 11 is 0. The normalized spacial score (nSPS) is 16.1. The summed E-state index contributed by atoms with van der Waals surface area (Å²) in [4.78, 5) is 0. The fourth-order valence-corrected chi connectivity index (χ4v) is 2.67. The second kappa shape index (κ2) is 7.37. The Balaban J connectivity index is 1.67. The minimum atomic E-state index is -4.50. The van der Waals surface area contributed by atoms with Crippen LogP contribution >= 0.6 is 0 Å². The van der Waals surface area contributed by atoms with E-state index in [0.29, 0.717) is 24.3 Å². The third-order valence-corrected chi connectivity index (χ3v) is 4.11. The predicted molar refractivity (Wildman–Crippen MR) is 84.8 cm³/mol. The molecule has 5 nitrogen and oxygen atoms in total. The number of alkyl halides is 3. The number of nitrogens with one attached hydrogen (secondary N) is 1. The van der Waals surface area contributed by atoms with Gasteiger partial charge in [0.2, 0.25) is 0 Å². The van der Waals surface area contributed by atoms with E-state index < -0.39 is 17.5 Å². The molecule has 1 aliphatic heterocycles. The Morgan fingerprint density at radius 1 is 1.12 bits per heavy atom. The molecule has 0 aliphatic carbocycles. The van der Waals surface area contributed by atoms with Crippen molar-refractivity contribution in [2.45, 2.75) is 31.6 Å². The molecule has 1 aromatic carbocycles. The van der Waals surface area contributed by atoms with E-state index in [4.69, 9.17) is 4.74 Å². The van der Waals surface area contributed by atoms with Gasteiger partial charge in [-0.25, -0.2) is 0 Å². The molecule has 134 valence electrons. The number of hydrogen-bond donors (Lipinski definition) is 2. The van der Waals surface area contributed by atoms with Crippen LogP contribution in [0.25, 0.3) is 11.3 Å². The fraction of sp³-hybridized carbons (Fsp3) is 0.412. The average Bonchev–Trinajstić information content (AvgIpc) is 2.60. The Labute approximate surface area is 142 Å². The largest absolute Gasteiger partial charge is 0.507 e. The molecule has 2 N–H and O–H groups in total. The fourth-order valence-electron chi connectivity index (χ4n) is 2.67. The highest BCUT2D eigenvalue weighted by Crippen LogP contribution is 2.35. The molecule has 3 rings (SSSR count). The zero-order valence-electron chi connectivity index (χ0n) is 13.4. The number of phenols is 1. The summed E-state index contributed by atoms with van der Waals surface area (Å²) in [6.07, 6.45) is -2.60. The van der Waals surface area contributed by atoms with Crippen molar-refractivity contribution < 1.29 is 23.0 Å². The van der Waals surface area contributed by atoms with Crippen LogP contribution in [-0.2, 0) is 17.5 Å². The van der Waals surface area contributed by atoms with Gasteiger partial charge in [-0.2, -0.15) is 23.4 Å². The SMILES string of the molecule is Oc1cc(C(F)(F)F)ccc1-c1ccc(CNC2CCOCC2)nn1. The van der Waals surface area contributed by atoms with Gasteiger partial charge in [-0.15, -0.1) is 0 Å². The summed E-state index contributed by atoms with van der Waals surface area (Å²) in [6.45, 7) is 2.04. The smallest absolute Gasteiger partial charge is 0.416 e. The van der Waals surface area contributed by atoms with Gasteiger partial charge < -0.3 is 15.2 Å². The third kappa shape index (κ3) is 4.46. The Bertz CT molecular complexity index is 714. The Morgan fingerprint density at radius 3 is 2.48 bits per heavy atom. The zero-order valence-corrected chi connectivity index (χ0v) is 13.4. The monoisotopic (exact) mass is 353 g/mol. The van der Waals surface area contributed by atoms with Crippen LogP contribution in [0.4, 0.5) is 13.2 Å². The minimum Gasteiger partial charge on any atom is -0.507 e. The molecule has 0 spiro atoms. The Kier molecular flexibility index (Phi) is 5.19. The lowest BCUT2D eigenvalue weighted by Crippen LogP contribution is -2.34. The van der Waals surface area contributed by atoms with Crippen molar-refractivity contribution in [2.24, 2.45) is 0 Å². The molecule has 1 fully saturated rings. The van der Waals surface area contributed by atoms with E-state index in [1.165, 1.54) is 6.07 Å². The van der Waals surface area contributed by atoms with E-state index in [9.17, 15) is 18.3 Å². The van der Waals surface area contributed by atoms with Crippen LogP contribution in [0.3, 0.4) is 0 Å². The van der Waals surface area contributed by atoms with Gasteiger partial charge in [0.05, 0.1) is 17.0 Å². The second-order valence-electron chi connectivity index (χ2n) is 5.91. The predicted octanol–water partition coefficient (Wildman–Crippen LogP) is 3.14. The van der Waals surface area contributed by atoms with Crippen molar-refractivity contribution in [3.05, 3.63) is 41.6 Å². The first-order valence-electron chi connectivity index (χ1n) is 7.98. The maximum absolute atomic E-state index is 12.6. The number of benzene rings is 1. The van der Waals surface area contributed by atoms with E-state index in [2.05, 4.69) is 15.5 Å². The number of rotatable bonds is 4. The lowest BCUT2D eigenvalue weighted by Gasteiger charge is -2.22. The molecule has 0 unspecified atom stereocenters. The molecule has 1 saturated heterocycles. The van der Waals surface area contributed by atoms with Crippen LogP contribution in [0.5, 0.6) is 5.75 Å². The highest BCUT2D eigenvalue weighted by Gasteiger charge is 2.31. The van der Waals surface area contributed by atoms with Gasteiger partial charge in [-0.3, -0.25) is 0 Å². The highest BCUT2D eigenvalue weighted by molar-refractivity contribution is 5.67. The lowest BCUT2D eigenvalue weighted by molar-refractivity contribution is -0.137. The maximum atomic E-state index is 12.6. The van der Waals surface area contributed by atoms with Crippen molar-refractivity contribution in [3.63, 3.8) is 0 Å². The summed E-state index contributed by atoms with van der Waals surface area (Å²) in [6, 6.07) is 6.56. The molecule has 1 aromatic heterocycles. The van der Waals surface area contributed by atoms with Crippen molar-refractivity contribution in [2.75, 3.05) is 13.2 Å². The van der Waals surface area contributed by atoms with Gasteiger partial charge in [0, 0.05) is 31.4 Å². The zero-order chi connectivity index (χ0) is 17.9. The quantitative estimate of drug-likeness (QED) is 0.884. The summed E-state index contributed by atoms with van der Waals surface area (Å²) < 4.78 is 43.2. The van der Waals surface area contributed by atoms with Crippen molar-refractivity contribution in [3.8, 4) is 17.0 Å². The number of ether oxygens (including phenoxy) is 1. The number of aromatic nitrogens is 2. The van der Waals surface area contributed by atoms with Crippen molar-refractivity contribution in [1.82, 2.24) is 15.5 Å². The molecule has 25 heavy (non-hydrogen) atoms. The Hall–Kier alpha value is -2.19. The topological polar surface area (TPSA) is 67.3 Å². The molecule has 0 bridgehead atoms. The van der Waals surface area contributed by atoms with E-state index in [-0.39, 0.29) is 5.56 Å². The summed E-state index contributed by atoms with van der Waals surface area (Å²) in [5, 5.41) is 21.3.